The van der Waals surface area contributed by atoms with Crippen LogP contribution in [0.25, 0.3) is 0 Å². The van der Waals surface area contributed by atoms with Gasteiger partial charge in [0.2, 0.25) is 0 Å². The molecule has 0 radical (unpaired) electrons. The molecule has 1 N–H and O–H groups in total. The van der Waals surface area contributed by atoms with Gasteiger partial charge in [-0.05, 0) is 68.5 Å². The number of aliphatic imine (C=N–C) groups is 1. The van der Waals surface area contributed by atoms with Crippen molar-refractivity contribution in [1.82, 2.24) is 15.1 Å². The van der Waals surface area contributed by atoms with Crippen LogP contribution in [0.1, 0.15) is 30.9 Å². The maximum Gasteiger partial charge on any atom is 0.194 e. The lowest BCUT2D eigenvalue weighted by atomic mass is 9.97. The summed E-state index contributed by atoms with van der Waals surface area (Å²) < 4.78 is 16.2. The Balaban J connectivity index is 1.61. The highest BCUT2D eigenvalue weighted by atomic mass is 16.5. The first kappa shape index (κ1) is 22.7. The fourth-order valence-corrected chi connectivity index (χ4v) is 4.32. The zero-order valence-corrected chi connectivity index (χ0v) is 19.1. The fourth-order valence-electron chi connectivity index (χ4n) is 4.32. The summed E-state index contributed by atoms with van der Waals surface area (Å²) in [5.74, 6) is 3.29. The van der Waals surface area contributed by atoms with Gasteiger partial charge < -0.3 is 29.3 Å². The second-order valence-corrected chi connectivity index (χ2v) is 8.12. The van der Waals surface area contributed by atoms with E-state index in [-0.39, 0.29) is 0 Å². The van der Waals surface area contributed by atoms with Crippen LogP contribution in [0.2, 0.25) is 0 Å². The summed E-state index contributed by atoms with van der Waals surface area (Å²) in [6, 6.07) is 4.23. The topological polar surface area (TPSA) is 58.6 Å². The van der Waals surface area contributed by atoms with Crippen LogP contribution in [0.5, 0.6) is 11.5 Å². The van der Waals surface area contributed by atoms with Crippen LogP contribution in [-0.2, 0) is 17.7 Å². The highest BCUT2D eigenvalue weighted by Crippen LogP contribution is 2.33. The fraction of sp³-hybridized carbons (Fsp3) is 0.696. The molecule has 0 saturated carbocycles. The lowest BCUT2D eigenvalue weighted by molar-refractivity contribution is 0.121. The lowest BCUT2D eigenvalue weighted by Crippen LogP contribution is -2.44. The molecule has 0 atom stereocenters. The van der Waals surface area contributed by atoms with E-state index in [0.717, 1.165) is 76.3 Å². The molecule has 1 aromatic carbocycles. The van der Waals surface area contributed by atoms with E-state index in [1.807, 2.05) is 0 Å². The summed E-state index contributed by atoms with van der Waals surface area (Å²) in [5.41, 5.74) is 2.62. The molecule has 0 aromatic heterocycles. The quantitative estimate of drug-likeness (QED) is 0.517. The number of nitrogens with zero attached hydrogens (tertiary/aromatic N) is 3. The SMILES string of the molecule is CCNC(=NCC1CCN(CCOC)CC1)N1CCc2cc(OC)c(OC)cc2C1. The Labute approximate surface area is 181 Å². The van der Waals surface area contributed by atoms with Gasteiger partial charge in [-0.1, -0.05) is 0 Å². The number of likely N-dealkylation sites (tertiary alicyclic amines) is 1. The molecule has 1 aromatic rings. The summed E-state index contributed by atoms with van der Waals surface area (Å²) in [4.78, 5) is 9.89. The third-order valence-electron chi connectivity index (χ3n) is 6.17. The monoisotopic (exact) mass is 418 g/mol. The lowest BCUT2D eigenvalue weighted by Gasteiger charge is -2.33. The Morgan fingerprint density at radius 2 is 1.77 bits per heavy atom. The third kappa shape index (κ3) is 5.79. The summed E-state index contributed by atoms with van der Waals surface area (Å²) in [6.45, 7) is 9.88. The summed E-state index contributed by atoms with van der Waals surface area (Å²) in [6.07, 6.45) is 3.41. The first-order chi connectivity index (χ1) is 14.7. The molecule has 3 rings (SSSR count). The molecule has 7 heteroatoms. The van der Waals surface area contributed by atoms with Gasteiger partial charge in [0.1, 0.15) is 0 Å². The number of rotatable bonds is 8. The van der Waals surface area contributed by atoms with Gasteiger partial charge in [-0.25, -0.2) is 0 Å². The Kier molecular flexibility index (Phi) is 8.63. The van der Waals surface area contributed by atoms with Crippen LogP contribution in [0.15, 0.2) is 17.1 Å². The van der Waals surface area contributed by atoms with E-state index in [0.29, 0.717) is 5.92 Å². The number of ether oxygens (including phenoxy) is 3. The Morgan fingerprint density at radius 1 is 1.07 bits per heavy atom. The molecule has 0 aliphatic carbocycles. The smallest absolute Gasteiger partial charge is 0.194 e. The minimum absolute atomic E-state index is 0.666. The van der Waals surface area contributed by atoms with E-state index in [1.165, 1.54) is 24.0 Å². The van der Waals surface area contributed by atoms with E-state index < -0.39 is 0 Å². The van der Waals surface area contributed by atoms with Gasteiger partial charge in [0, 0.05) is 39.8 Å². The summed E-state index contributed by atoms with van der Waals surface area (Å²) >= 11 is 0. The zero-order valence-electron chi connectivity index (χ0n) is 19.1. The molecule has 7 nitrogen and oxygen atoms in total. The van der Waals surface area contributed by atoms with E-state index >= 15 is 0 Å². The normalized spacial score (nSPS) is 18.3. The second kappa shape index (κ2) is 11.4. The maximum atomic E-state index is 5.50. The Bertz CT molecular complexity index is 702. The average molecular weight is 419 g/mol. The first-order valence-corrected chi connectivity index (χ1v) is 11.2. The second-order valence-electron chi connectivity index (χ2n) is 8.12. The van der Waals surface area contributed by atoms with E-state index in [2.05, 4.69) is 34.2 Å². The van der Waals surface area contributed by atoms with Gasteiger partial charge in [0.15, 0.2) is 17.5 Å². The van der Waals surface area contributed by atoms with Crippen molar-refractivity contribution in [3.8, 4) is 11.5 Å². The molecule has 30 heavy (non-hydrogen) atoms. The predicted octanol–water partition coefficient (Wildman–Crippen LogP) is 2.39. The number of guanidine groups is 1. The zero-order chi connectivity index (χ0) is 21.3. The molecule has 2 heterocycles. The number of fused-ring (bicyclic) bond motifs is 1. The molecular weight excluding hydrogens is 380 g/mol. The summed E-state index contributed by atoms with van der Waals surface area (Å²) in [5, 5.41) is 3.50. The van der Waals surface area contributed by atoms with Gasteiger partial charge in [-0.3, -0.25) is 4.99 Å². The van der Waals surface area contributed by atoms with Crippen molar-refractivity contribution in [2.24, 2.45) is 10.9 Å². The van der Waals surface area contributed by atoms with Crippen LogP contribution in [0, 0.1) is 5.92 Å². The predicted molar refractivity (Wildman–Crippen MR) is 121 cm³/mol. The van der Waals surface area contributed by atoms with Gasteiger partial charge >= 0.3 is 0 Å². The maximum absolute atomic E-state index is 5.50. The number of hydrogen-bond acceptors (Lipinski definition) is 5. The minimum Gasteiger partial charge on any atom is -0.493 e. The first-order valence-electron chi connectivity index (χ1n) is 11.2. The molecule has 0 spiro atoms. The average Bonchev–Trinajstić information content (AvgIpc) is 2.79. The molecule has 1 saturated heterocycles. The van der Waals surface area contributed by atoms with Crippen LogP contribution in [-0.4, -0.2) is 83.0 Å². The van der Waals surface area contributed by atoms with Crippen molar-refractivity contribution in [2.45, 2.75) is 32.7 Å². The molecule has 0 unspecified atom stereocenters. The number of methoxy groups -OCH3 is 3. The van der Waals surface area contributed by atoms with Crippen LogP contribution in [0.3, 0.4) is 0 Å². The standard InChI is InChI=1S/C23H38N4O3/c1-5-24-23(25-16-18-6-9-26(10-7-18)12-13-28-2)27-11-8-19-14-21(29-3)22(30-4)15-20(19)17-27/h14-15,18H,5-13,16-17H2,1-4H3,(H,24,25). The molecule has 1 fully saturated rings. The van der Waals surface area contributed by atoms with E-state index in [4.69, 9.17) is 19.2 Å². The van der Waals surface area contributed by atoms with Gasteiger partial charge in [-0.2, -0.15) is 0 Å². The van der Waals surface area contributed by atoms with Crippen LogP contribution < -0.4 is 14.8 Å². The molecule has 0 bridgehead atoms. The van der Waals surface area contributed by atoms with Crippen molar-refractivity contribution in [3.63, 3.8) is 0 Å². The highest BCUT2D eigenvalue weighted by molar-refractivity contribution is 5.80. The number of nitrogens with one attached hydrogen (secondary N) is 1. The van der Waals surface area contributed by atoms with Gasteiger partial charge in [-0.15, -0.1) is 0 Å². The number of benzene rings is 1. The van der Waals surface area contributed by atoms with E-state index in [9.17, 15) is 0 Å². The van der Waals surface area contributed by atoms with E-state index in [1.54, 1.807) is 21.3 Å². The van der Waals surface area contributed by atoms with Crippen molar-refractivity contribution < 1.29 is 14.2 Å². The Morgan fingerprint density at radius 3 is 2.40 bits per heavy atom. The van der Waals surface area contributed by atoms with Gasteiger partial charge in [0.05, 0.1) is 20.8 Å². The minimum atomic E-state index is 0.666. The molecule has 0 amide bonds. The van der Waals surface area contributed by atoms with Crippen molar-refractivity contribution >= 4 is 5.96 Å². The molecule has 2 aliphatic rings. The van der Waals surface area contributed by atoms with Crippen LogP contribution >= 0.6 is 0 Å². The van der Waals surface area contributed by atoms with Gasteiger partial charge in [0.25, 0.3) is 0 Å². The number of hydrogen-bond donors (Lipinski definition) is 1. The van der Waals surface area contributed by atoms with Crippen molar-refractivity contribution in [3.05, 3.63) is 23.3 Å². The largest absolute Gasteiger partial charge is 0.493 e. The molecule has 168 valence electrons. The summed E-state index contributed by atoms with van der Waals surface area (Å²) in [7, 11) is 5.16. The highest BCUT2D eigenvalue weighted by Gasteiger charge is 2.23. The van der Waals surface area contributed by atoms with Crippen molar-refractivity contribution in [1.29, 1.82) is 0 Å². The Hall–Kier alpha value is -1.99. The molecular formula is C23H38N4O3. The van der Waals surface area contributed by atoms with Crippen LogP contribution in [0.4, 0.5) is 0 Å². The molecule has 2 aliphatic heterocycles. The van der Waals surface area contributed by atoms with Crippen molar-refractivity contribution in [2.75, 3.05) is 67.2 Å². The number of piperidine rings is 1. The third-order valence-corrected chi connectivity index (χ3v) is 6.17.